The van der Waals surface area contributed by atoms with Crippen molar-refractivity contribution in [3.05, 3.63) is 95.0 Å². The molecule has 1 aliphatic rings. The largest absolute Gasteiger partial charge is 0.507 e. The predicted octanol–water partition coefficient (Wildman–Crippen LogP) is 4.63. The minimum absolute atomic E-state index is 0.0224. The second-order valence-electron chi connectivity index (χ2n) is 8.67. The summed E-state index contributed by atoms with van der Waals surface area (Å²) in [5, 5.41) is 20.2. The van der Waals surface area contributed by atoms with Gasteiger partial charge in [-0.2, -0.15) is 0 Å². The van der Waals surface area contributed by atoms with E-state index in [1.807, 2.05) is 13.8 Å². The number of carbonyl (C=O) groups is 3. The fourth-order valence-electron chi connectivity index (χ4n) is 3.86. The molecule has 1 fully saturated rings. The van der Waals surface area contributed by atoms with Gasteiger partial charge in [-0.3, -0.25) is 9.59 Å². The van der Waals surface area contributed by atoms with Crippen LogP contribution in [-0.4, -0.2) is 39.4 Å². The number of carbonyl (C=O) groups excluding carboxylic acids is 2. The number of nitrogens with zero attached hydrogens (tertiary/aromatic N) is 1. The van der Waals surface area contributed by atoms with Crippen molar-refractivity contribution in [3.63, 3.8) is 0 Å². The second kappa shape index (κ2) is 9.89. The van der Waals surface area contributed by atoms with E-state index < -0.39 is 23.7 Å². The lowest BCUT2D eigenvalue weighted by Gasteiger charge is -2.23. The van der Waals surface area contributed by atoms with E-state index in [1.54, 1.807) is 48.5 Å². The van der Waals surface area contributed by atoms with E-state index >= 15 is 0 Å². The Morgan fingerprint density at radius 3 is 2.23 bits per heavy atom. The number of rotatable bonds is 8. The van der Waals surface area contributed by atoms with Gasteiger partial charge in [-0.1, -0.05) is 26.0 Å². The Balaban J connectivity index is 1.69. The number of ketones is 1. The molecule has 1 aromatic heterocycles. The summed E-state index contributed by atoms with van der Waals surface area (Å²) in [5.74, 6) is -1.68. The molecule has 0 bridgehead atoms. The normalized spacial score (nSPS) is 17.2. The fourth-order valence-corrected chi connectivity index (χ4v) is 3.86. The summed E-state index contributed by atoms with van der Waals surface area (Å²) in [4.78, 5) is 38.5. The zero-order valence-corrected chi connectivity index (χ0v) is 19.3. The number of benzene rings is 2. The van der Waals surface area contributed by atoms with Gasteiger partial charge in [-0.15, -0.1) is 0 Å². The highest BCUT2D eigenvalue weighted by Crippen LogP contribution is 2.40. The average molecular weight is 475 g/mol. The van der Waals surface area contributed by atoms with Gasteiger partial charge < -0.3 is 24.3 Å². The maximum atomic E-state index is 13.1. The third-order valence-corrected chi connectivity index (χ3v) is 5.62. The van der Waals surface area contributed by atoms with Crippen molar-refractivity contribution in [2.24, 2.45) is 5.92 Å². The van der Waals surface area contributed by atoms with E-state index in [1.165, 1.54) is 23.3 Å². The molecule has 1 aliphatic heterocycles. The summed E-state index contributed by atoms with van der Waals surface area (Å²) in [6.45, 7) is 4.64. The first kappa shape index (κ1) is 23.8. The molecular formula is C27H25NO7. The van der Waals surface area contributed by atoms with Gasteiger partial charge >= 0.3 is 5.97 Å². The van der Waals surface area contributed by atoms with Crippen LogP contribution in [0, 0.1) is 5.92 Å². The van der Waals surface area contributed by atoms with Gasteiger partial charge in [0.1, 0.15) is 23.3 Å². The lowest BCUT2D eigenvalue weighted by molar-refractivity contribution is -0.140. The Kier molecular flexibility index (Phi) is 6.73. The minimum Gasteiger partial charge on any atom is -0.507 e. The summed E-state index contributed by atoms with van der Waals surface area (Å²) >= 11 is 0. The number of aliphatic hydroxyl groups is 1. The molecule has 2 N–H and O–H groups in total. The molecule has 1 unspecified atom stereocenters. The average Bonchev–Trinajstić information content (AvgIpc) is 3.46. The first-order chi connectivity index (χ1) is 16.8. The molecule has 4 rings (SSSR count). The topological polar surface area (TPSA) is 117 Å². The quantitative estimate of drug-likeness (QED) is 0.277. The molecule has 0 saturated carbocycles. The minimum atomic E-state index is -1.06. The van der Waals surface area contributed by atoms with Crippen molar-refractivity contribution < 1.29 is 33.8 Å². The van der Waals surface area contributed by atoms with Gasteiger partial charge in [-0.05, 0) is 60.0 Å². The molecule has 0 aliphatic carbocycles. The van der Waals surface area contributed by atoms with Crippen LogP contribution in [0.25, 0.3) is 5.76 Å². The van der Waals surface area contributed by atoms with Crippen LogP contribution in [0.3, 0.4) is 0 Å². The Labute approximate surface area is 202 Å². The molecule has 1 atom stereocenters. The third-order valence-electron chi connectivity index (χ3n) is 5.62. The highest BCUT2D eigenvalue weighted by molar-refractivity contribution is 6.46. The molecule has 0 spiro atoms. The Morgan fingerprint density at radius 2 is 1.66 bits per heavy atom. The molecule has 2 heterocycles. The van der Waals surface area contributed by atoms with Crippen molar-refractivity contribution >= 4 is 23.4 Å². The van der Waals surface area contributed by atoms with Crippen molar-refractivity contribution in [2.75, 3.05) is 6.61 Å². The van der Waals surface area contributed by atoms with Crippen molar-refractivity contribution in [3.8, 4) is 5.75 Å². The molecule has 35 heavy (non-hydrogen) atoms. The van der Waals surface area contributed by atoms with Gasteiger partial charge in [0.2, 0.25) is 0 Å². The number of hydrogen-bond donors (Lipinski definition) is 2. The number of carboxylic acids is 1. The molecule has 0 radical (unpaired) electrons. The lowest BCUT2D eigenvalue weighted by Crippen LogP contribution is -2.29. The van der Waals surface area contributed by atoms with E-state index in [-0.39, 0.29) is 23.4 Å². The van der Waals surface area contributed by atoms with E-state index in [4.69, 9.17) is 14.3 Å². The van der Waals surface area contributed by atoms with Crippen LogP contribution in [0.15, 0.2) is 76.9 Å². The lowest BCUT2D eigenvalue weighted by atomic mass is 9.99. The Morgan fingerprint density at radius 1 is 1.00 bits per heavy atom. The maximum Gasteiger partial charge on any atom is 0.335 e. The highest BCUT2D eigenvalue weighted by atomic mass is 16.5. The number of amides is 1. The smallest absolute Gasteiger partial charge is 0.335 e. The van der Waals surface area contributed by atoms with Crippen molar-refractivity contribution in [1.29, 1.82) is 0 Å². The van der Waals surface area contributed by atoms with E-state index in [2.05, 4.69) is 0 Å². The van der Waals surface area contributed by atoms with Crippen LogP contribution in [0.4, 0.5) is 0 Å². The van der Waals surface area contributed by atoms with Crippen LogP contribution < -0.4 is 4.74 Å². The highest BCUT2D eigenvalue weighted by Gasteiger charge is 2.47. The first-order valence-corrected chi connectivity index (χ1v) is 11.1. The number of aromatic carboxylic acids is 1. The van der Waals surface area contributed by atoms with Crippen LogP contribution in [0.1, 0.15) is 47.1 Å². The number of likely N-dealkylation sites (tertiary alicyclic amines) is 1. The molecule has 180 valence electrons. The molecule has 8 nitrogen and oxygen atoms in total. The van der Waals surface area contributed by atoms with Gasteiger partial charge in [0.25, 0.3) is 11.7 Å². The monoisotopic (exact) mass is 475 g/mol. The van der Waals surface area contributed by atoms with Crippen molar-refractivity contribution in [2.45, 2.75) is 26.4 Å². The van der Waals surface area contributed by atoms with Gasteiger partial charge in [0.05, 0.1) is 24.0 Å². The molecule has 2 aromatic carbocycles. The summed E-state index contributed by atoms with van der Waals surface area (Å²) in [5.41, 5.74) is 1.02. The molecule has 1 amide bonds. The van der Waals surface area contributed by atoms with Crippen LogP contribution in [-0.2, 0) is 16.1 Å². The standard InChI is InChI=1S/C27H25NO7/c1-16(2)15-35-20-11-9-18(10-12-20)24(29)22-23(21-4-3-13-34-21)28(26(31)25(22)30)14-17-5-7-19(8-6-17)27(32)33/h3-13,16,23,29H,14-15H2,1-2H3,(H,32,33)/b24-22-. The number of Topliss-reactive ketones (excluding diaryl/α,β-unsaturated/α-hetero) is 1. The van der Waals surface area contributed by atoms with Gasteiger partial charge in [-0.25, -0.2) is 4.79 Å². The third kappa shape index (κ3) is 4.96. The number of carboxylic acid groups (broad SMARTS) is 1. The fraction of sp³-hybridized carbons (Fsp3) is 0.222. The van der Waals surface area contributed by atoms with Gasteiger partial charge in [0.15, 0.2) is 0 Å². The SMILES string of the molecule is CC(C)COc1ccc(/C(O)=C2/C(=O)C(=O)N(Cc3ccc(C(=O)O)cc3)C2c2ccco2)cc1. The van der Waals surface area contributed by atoms with E-state index in [0.29, 0.717) is 35.2 Å². The molecular weight excluding hydrogens is 450 g/mol. The predicted molar refractivity (Wildman–Crippen MR) is 127 cm³/mol. The summed E-state index contributed by atoms with van der Waals surface area (Å²) in [6, 6.07) is 15.0. The van der Waals surface area contributed by atoms with Crippen molar-refractivity contribution in [1.82, 2.24) is 4.90 Å². The maximum absolute atomic E-state index is 13.1. The molecule has 1 saturated heterocycles. The zero-order chi connectivity index (χ0) is 25.1. The Bertz CT molecular complexity index is 1260. The van der Waals surface area contributed by atoms with Crippen LogP contribution in [0.2, 0.25) is 0 Å². The number of aliphatic hydroxyl groups excluding tert-OH is 1. The summed E-state index contributed by atoms with van der Waals surface area (Å²) < 4.78 is 11.2. The summed E-state index contributed by atoms with van der Waals surface area (Å²) in [6.07, 6.45) is 1.43. The Hall–Kier alpha value is -4.33. The first-order valence-electron chi connectivity index (χ1n) is 11.1. The molecule has 3 aromatic rings. The number of ether oxygens (including phenoxy) is 1. The zero-order valence-electron chi connectivity index (χ0n) is 19.3. The second-order valence-corrected chi connectivity index (χ2v) is 8.67. The van der Waals surface area contributed by atoms with Crippen LogP contribution >= 0.6 is 0 Å². The van der Waals surface area contributed by atoms with Gasteiger partial charge in [0, 0.05) is 12.1 Å². The van der Waals surface area contributed by atoms with Crippen LogP contribution in [0.5, 0.6) is 5.75 Å². The van der Waals surface area contributed by atoms with E-state index in [9.17, 15) is 19.5 Å². The number of furan rings is 1. The number of hydrogen-bond acceptors (Lipinski definition) is 6. The van der Waals surface area contributed by atoms with E-state index in [0.717, 1.165) is 0 Å². The summed E-state index contributed by atoms with van der Waals surface area (Å²) in [7, 11) is 0. The molecule has 8 heteroatoms.